The van der Waals surface area contributed by atoms with Crippen molar-refractivity contribution in [3.63, 3.8) is 0 Å². The summed E-state index contributed by atoms with van der Waals surface area (Å²) in [6, 6.07) is 0. The van der Waals surface area contributed by atoms with Crippen LogP contribution in [-0.2, 0) is 4.74 Å². The van der Waals surface area contributed by atoms with Gasteiger partial charge in [-0.3, -0.25) is 0 Å². The van der Waals surface area contributed by atoms with Gasteiger partial charge in [0.05, 0.1) is 6.10 Å². The van der Waals surface area contributed by atoms with Gasteiger partial charge in [-0.2, -0.15) is 0 Å². The molecule has 3 aliphatic rings. The average Bonchev–Trinajstić information content (AvgIpc) is 2.53. The van der Waals surface area contributed by atoms with Crippen LogP contribution in [0.4, 0.5) is 13.2 Å². The molecule has 2 aliphatic carbocycles. The smallest absolute Gasteiger partial charge is 0.106 e. The van der Waals surface area contributed by atoms with E-state index in [9.17, 15) is 13.2 Å². The maximum atomic E-state index is 14.8. The van der Waals surface area contributed by atoms with E-state index in [1.165, 1.54) is 0 Å². The number of halogens is 3. The minimum absolute atomic E-state index is 0.126. The molecule has 0 aromatic rings. The SMILES string of the molecule is CC1CCC(C2CCC(C3CC(F)C(C)C(F)C3)C(F)C2)OC1. The molecule has 2 saturated carbocycles. The topological polar surface area (TPSA) is 9.23 Å². The monoisotopic (exact) mass is 332 g/mol. The molecule has 3 rings (SSSR count). The van der Waals surface area contributed by atoms with E-state index in [4.69, 9.17) is 4.74 Å². The Morgan fingerprint density at radius 3 is 1.96 bits per heavy atom. The fourth-order valence-corrected chi connectivity index (χ4v) is 4.99. The quantitative estimate of drug-likeness (QED) is 0.668. The highest BCUT2D eigenvalue weighted by Crippen LogP contribution is 2.45. The van der Waals surface area contributed by atoms with Crippen LogP contribution >= 0.6 is 0 Å². The predicted octanol–water partition coefficient (Wildman–Crippen LogP) is 5.28. The van der Waals surface area contributed by atoms with Crippen LogP contribution < -0.4 is 0 Å². The molecular formula is C19H31F3O. The van der Waals surface area contributed by atoms with Gasteiger partial charge in [0.2, 0.25) is 0 Å². The minimum atomic E-state index is -1.11. The van der Waals surface area contributed by atoms with Gasteiger partial charge in [-0.05, 0) is 68.6 Å². The van der Waals surface area contributed by atoms with Gasteiger partial charge < -0.3 is 4.74 Å². The zero-order valence-electron chi connectivity index (χ0n) is 14.4. The molecule has 1 saturated heterocycles. The number of hydrogen-bond acceptors (Lipinski definition) is 1. The third-order valence-electron chi connectivity index (χ3n) is 6.73. The van der Waals surface area contributed by atoms with E-state index in [-0.39, 0.29) is 17.9 Å². The van der Waals surface area contributed by atoms with E-state index < -0.39 is 24.4 Å². The van der Waals surface area contributed by atoms with Crippen LogP contribution in [-0.4, -0.2) is 31.2 Å². The van der Waals surface area contributed by atoms with Gasteiger partial charge in [0.15, 0.2) is 0 Å². The molecule has 1 nitrogen and oxygen atoms in total. The maximum absolute atomic E-state index is 14.8. The van der Waals surface area contributed by atoms with Crippen molar-refractivity contribution < 1.29 is 17.9 Å². The highest BCUT2D eigenvalue weighted by Gasteiger charge is 2.44. The van der Waals surface area contributed by atoms with Crippen molar-refractivity contribution in [3.8, 4) is 0 Å². The standard InChI is InChI=1S/C19H31F3O/c1-11-3-6-19(23-10-11)13-4-5-15(18(22)7-13)14-8-16(20)12(2)17(21)9-14/h11-19H,3-10H2,1-2H3. The Hall–Kier alpha value is -0.250. The van der Waals surface area contributed by atoms with Crippen molar-refractivity contribution in [3.05, 3.63) is 0 Å². The fraction of sp³-hybridized carbons (Fsp3) is 1.00. The first kappa shape index (κ1) is 17.6. The van der Waals surface area contributed by atoms with Gasteiger partial charge in [0, 0.05) is 12.5 Å². The molecule has 1 heterocycles. The molecule has 23 heavy (non-hydrogen) atoms. The first-order valence-electron chi connectivity index (χ1n) is 9.49. The number of rotatable bonds is 2. The summed E-state index contributed by atoms with van der Waals surface area (Å²) >= 11 is 0. The molecule has 0 spiro atoms. The number of alkyl halides is 3. The van der Waals surface area contributed by atoms with Crippen LogP contribution in [0.1, 0.15) is 58.8 Å². The summed E-state index contributed by atoms with van der Waals surface area (Å²) in [7, 11) is 0. The van der Waals surface area contributed by atoms with Gasteiger partial charge in [-0.15, -0.1) is 0 Å². The summed E-state index contributed by atoms with van der Waals surface area (Å²) in [5.74, 6) is 0.0880. The second-order valence-electron chi connectivity index (χ2n) is 8.43. The summed E-state index contributed by atoms with van der Waals surface area (Å²) in [5.41, 5.74) is 0. The Morgan fingerprint density at radius 2 is 1.39 bits per heavy atom. The lowest BCUT2D eigenvalue weighted by atomic mass is 9.66. The third kappa shape index (κ3) is 3.88. The Labute approximate surface area is 138 Å². The second-order valence-corrected chi connectivity index (χ2v) is 8.43. The number of hydrogen-bond donors (Lipinski definition) is 0. The van der Waals surface area contributed by atoms with E-state index in [0.29, 0.717) is 31.1 Å². The van der Waals surface area contributed by atoms with Crippen molar-refractivity contribution in [2.24, 2.45) is 29.6 Å². The van der Waals surface area contributed by atoms with Crippen LogP contribution in [0, 0.1) is 29.6 Å². The van der Waals surface area contributed by atoms with Crippen LogP contribution in [0.3, 0.4) is 0 Å². The zero-order valence-corrected chi connectivity index (χ0v) is 14.4. The first-order valence-corrected chi connectivity index (χ1v) is 9.49. The minimum Gasteiger partial charge on any atom is -0.378 e. The van der Waals surface area contributed by atoms with Crippen LogP contribution in [0.25, 0.3) is 0 Å². The average molecular weight is 332 g/mol. The fourth-order valence-electron chi connectivity index (χ4n) is 4.99. The van der Waals surface area contributed by atoms with Crippen molar-refractivity contribution in [1.29, 1.82) is 0 Å². The van der Waals surface area contributed by atoms with Crippen LogP contribution in [0.2, 0.25) is 0 Å². The molecule has 0 radical (unpaired) electrons. The molecule has 0 aromatic carbocycles. The molecule has 3 fully saturated rings. The summed E-state index contributed by atoms with van der Waals surface area (Å²) < 4.78 is 48.6. The highest BCUT2D eigenvalue weighted by atomic mass is 19.1. The molecule has 134 valence electrons. The van der Waals surface area contributed by atoms with Gasteiger partial charge in [0.1, 0.15) is 18.5 Å². The normalized spacial score (nSPS) is 52.3. The summed E-state index contributed by atoms with van der Waals surface area (Å²) in [5, 5.41) is 0. The maximum Gasteiger partial charge on any atom is 0.106 e. The van der Waals surface area contributed by atoms with E-state index in [2.05, 4.69) is 6.92 Å². The molecule has 1 aliphatic heterocycles. The van der Waals surface area contributed by atoms with Gasteiger partial charge >= 0.3 is 0 Å². The molecular weight excluding hydrogens is 301 g/mol. The van der Waals surface area contributed by atoms with Crippen LogP contribution in [0.5, 0.6) is 0 Å². The summed E-state index contributed by atoms with van der Waals surface area (Å²) in [4.78, 5) is 0. The van der Waals surface area contributed by atoms with Crippen LogP contribution in [0.15, 0.2) is 0 Å². The van der Waals surface area contributed by atoms with Crippen molar-refractivity contribution in [2.45, 2.75) is 83.4 Å². The highest BCUT2D eigenvalue weighted by molar-refractivity contribution is 4.93. The van der Waals surface area contributed by atoms with E-state index in [1.54, 1.807) is 6.92 Å². The second kappa shape index (κ2) is 7.33. The first-order chi connectivity index (χ1) is 11.0. The summed E-state index contributed by atoms with van der Waals surface area (Å²) in [6.45, 7) is 4.61. The Balaban J connectivity index is 1.54. The van der Waals surface area contributed by atoms with E-state index in [0.717, 1.165) is 32.3 Å². The Bertz CT molecular complexity index is 371. The van der Waals surface area contributed by atoms with Gasteiger partial charge in [0.25, 0.3) is 0 Å². The lowest BCUT2D eigenvalue weighted by Crippen LogP contribution is -2.43. The lowest BCUT2D eigenvalue weighted by Gasteiger charge is -2.43. The molecule has 0 aromatic heterocycles. The largest absolute Gasteiger partial charge is 0.378 e. The van der Waals surface area contributed by atoms with Gasteiger partial charge in [-0.1, -0.05) is 13.8 Å². The molecule has 7 atom stereocenters. The lowest BCUT2D eigenvalue weighted by molar-refractivity contribution is -0.0741. The Morgan fingerprint density at radius 1 is 0.739 bits per heavy atom. The van der Waals surface area contributed by atoms with E-state index in [1.807, 2.05) is 0 Å². The molecule has 4 heteroatoms. The number of ether oxygens (including phenoxy) is 1. The van der Waals surface area contributed by atoms with Crippen molar-refractivity contribution >= 4 is 0 Å². The molecule has 7 unspecified atom stereocenters. The molecule has 0 N–H and O–H groups in total. The molecule has 0 bridgehead atoms. The third-order valence-corrected chi connectivity index (χ3v) is 6.73. The van der Waals surface area contributed by atoms with Crippen molar-refractivity contribution in [2.75, 3.05) is 6.61 Å². The van der Waals surface area contributed by atoms with Crippen molar-refractivity contribution in [1.82, 2.24) is 0 Å². The van der Waals surface area contributed by atoms with E-state index >= 15 is 0 Å². The summed E-state index contributed by atoms with van der Waals surface area (Å²) in [6.07, 6.45) is 2.15. The zero-order chi connectivity index (χ0) is 16.6. The van der Waals surface area contributed by atoms with Gasteiger partial charge in [-0.25, -0.2) is 13.2 Å². The predicted molar refractivity (Wildman–Crippen MR) is 85.5 cm³/mol. The molecule has 0 amide bonds. The Kier molecular flexibility index (Phi) is 5.60.